The first-order valence-corrected chi connectivity index (χ1v) is 9.52. The number of rotatable bonds is 9. The molecule has 0 fully saturated rings. The third-order valence-electron chi connectivity index (χ3n) is 3.66. The van der Waals surface area contributed by atoms with Crippen LogP contribution in [0.15, 0.2) is 42.6 Å². The summed E-state index contributed by atoms with van der Waals surface area (Å²) in [6, 6.07) is 8.56. The number of carbonyl (C=O) groups excluding carboxylic acids is 2. The number of carbonyl (C=O) groups is 2. The van der Waals surface area contributed by atoms with Crippen molar-refractivity contribution < 1.29 is 23.8 Å². The maximum atomic E-state index is 12.2. The van der Waals surface area contributed by atoms with Crippen LogP contribution in [0.3, 0.4) is 0 Å². The van der Waals surface area contributed by atoms with Crippen LogP contribution in [-0.2, 0) is 14.3 Å². The van der Waals surface area contributed by atoms with Gasteiger partial charge in [0.2, 0.25) is 0 Å². The molecule has 1 aromatic carbocycles. The lowest BCUT2D eigenvalue weighted by molar-refractivity contribution is -0.148. The summed E-state index contributed by atoms with van der Waals surface area (Å²) in [5.74, 6) is 0.0533. The van der Waals surface area contributed by atoms with Crippen LogP contribution in [0, 0.1) is 0 Å². The van der Waals surface area contributed by atoms with Crippen LogP contribution >= 0.6 is 11.6 Å². The van der Waals surface area contributed by atoms with Gasteiger partial charge >= 0.3 is 5.97 Å². The molecule has 1 atom stereocenters. The Hall–Kier alpha value is -3.06. The highest BCUT2D eigenvalue weighted by Gasteiger charge is 2.18. The molecular formula is C21H23ClN2O5. The first kappa shape index (κ1) is 22.2. The van der Waals surface area contributed by atoms with Gasteiger partial charge in [-0.15, -0.1) is 0 Å². The minimum absolute atomic E-state index is 0.153. The summed E-state index contributed by atoms with van der Waals surface area (Å²) in [6.07, 6.45) is 3.31. The lowest BCUT2D eigenvalue weighted by Crippen LogP contribution is -2.29. The third kappa shape index (κ3) is 6.80. The van der Waals surface area contributed by atoms with Crippen LogP contribution in [0.2, 0.25) is 5.15 Å². The van der Waals surface area contributed by atoms with Gasteiger partial charge in [0.05, 0.1) is 18.9 Å². The highest BCUT2D eigenvalue weighted by Crippen LogP contribution is 2.29. The van der Waals surface area contributed by atoms with Crippen LogP contribution in [0.1, 0.15) is 26.3 Å². The molecule has 0 saturated heterocycles. The van der Waals surface area contributed by atoms with Gasteiger partial charge in [0.15, 0.2) is 22.8 Å². The molecule has 7 nitrogen and oxygen atoms in total. The summed E-state index contributed by atoms with van der Waals surface area (Å²) in [5, 5.41) is 2.72. The zero-order chi connectivity index (χ0) is 21.2. The van der Waals surface area contributed by atoms with E-state index in [0.717, 1.165) is 5.56 Å². The van der Waals surface area contributed by atoms with Gasteiger partial charge in [-0.1, -0.05) is 17.7 Å². The van der Waals surface area contributed by atoms with E-state index in [2.05, 4.69) is 10.3 Å². The molecule has 154 valence electrons. The summed E-state index contributed by atoms with van der Waals surface area (Å²) >= 11 is 5.90. The van der Waals surface area contributed by atoms with Crippen LogP contribution in [-0.4, -0.2) is 36.2 Å². The highest BCUT2D eigenvalue weighted by molar-refractivity contribution is 6.32. The highest BCUT2D eigenvalue weighted by atomic mass is 35.5. The number of anilines is 1. The fourth-order valence-electron chi connectivity index (χ4n) is 2.32. The second kappa shape index (κ2) is 11.1. The van der Waals surface area contributed by atoms with Crippen molar-refractivity contribution in [3.05, 3.63) is 53.3 Å². The number of aromatic nitrogens is 1. The molecule has 29 heavy (non-hydrogen) atoms. The van der Waals surface area contributed by atoms with Gasteiger partial charge in [0.25, 0.3) is 5.91 Å². The van der Waals surface area contributed by atoms with Crippen molar-refractivity contribution in [2.75, 3.05) is 18.5 Å². The number of benzene rings is 1. The Balaban J connectivity index is 1.97. The molecule has 1 amide bonds. The Morgan fingerprint density at radius 1 is 1.17 bits per heavy atom. The van der Waals surface area contributed by atoms with E-state index < -0.39 is 18.0 Å². The first-order valence-electron chi connectivity index (χ1n) is 9.14. The van der Waals surface area contributed by atoms with E-state index in [4.69, 9.17) is 25.8 Å². The van der Waals surface area contributed by atoms with Crippen molar-refractivity contribution in [1.29, 1.82) is 0 Å². The predicted molar refractivity (Wildman–Crippen MR) is 111 cm³/mol. The zero-order valence-corrected chi connectivity index (χ0v) is 17.2. The number of hydrogen-bond donors (Lipinski definition) is 1. The molecule has 2 aromatic rings. The van der Waals surface area contributed by atoms with Gasteiger partial charge in [0, 0.05) is 12.3 Å². The number of esters is 1. The number of nitrogens with zero attached hydrogens (tertiary/aromatic N) is 1. The fraction of sp³-hybridized carbons (Fsp3) is 0.286. The Labute approximate surface area is 174 Å². The summed E-state index contributed by atoms with van der Waals surface area (Å²) in [7, 11) is 0. The van der Waals surface area contributed by atoms with Gasteiger partial charge in [-0.25, -0.2) is 9.78 Å². The molecule has 1 N–H and O–H groups in total. The molecule has 0 bridgehead atoms. The summed E-state index contributed by atoms with van der Waals surface area (Å²) in [6.45, 7) is 6.24. The van der Waals surface area contributed by atoms with Crippen molar-refractivity contribution in [2.45, 2.75) is 26.9 Å². The zero-order valence-electron chi connectivity index (χ0n) is 16.5. The SMILES string of the molecule is CCOc1ccc(/C=C/C(=O)O[C@@H](C)C(=O)Nc2cccnc2Cl)cc1OCC. The number of nitrogens with one attached hydrogen (secondary N) is 1. The molecule has 0 aliphatic rings. The van der Waals surface area contributed by atoms with E-state index in [0.29, 0.717) is 30.4 Å². The standard InChI is InChI=1S/C21H23ClN2O5/c1-4-27-17-10-8-15(13-18(17)28-5-2)9-11-19(25)29-14(3)21(26)24-16-7-6-12-23-20(16)22/h6-14H,4-5H2,1-3H3,(H,24,26)/b11-9+/t14-/m0/s1. The van der Waals surface area contributed by atoms with E-state index >= 15 is 0 Å². The van der Waals surface area contributed by atoms with E-state index in [-0.39, 0.29) is 5.15 Å². The lowest BCUT2D eigenvalue weighted by Gasteiger charge is -2.13. The van der Waals surface area contributed by atoms with Crippen LogP contribution < -0.4 is 14.8 Å². The van der Waals surface area contributed by atoms with Crippen molar-refractivity contribution in [3.63, 3.8) is 0 Å². The normalized spacial score (nSPS) is 11.7. The van der Waals surface area contributed by atoms with Crippen LogP contribution in [0.4, 0.5) is 5.69 Å². The van der Waals surface area contributed by atoms with Gasteiger partial charge in [-0.3, -0.25) is 4.79 Å². The fourth-order valence-corrected chi connectivity index (χ4v) is 2.48. The van der Waals surface area contributed by atoms with Crippen LogP contribution in [0.5, 0.6) is 11.5 Å². The predicted octanol–water partition coefficient (Wildman–Crippen LogP) is 4.12. The Morgan fingerprint density at radius 3 is 2.59 bits per heavy atom. The van der Waals surface area contributed by atoms with Gasteiger partial charge in [0.1, 0.15) is 0 Å². The monoisotopic (exact) mass is 418 g/mol. The lowest BCUT2D eigenvalue weighted by atomic mass is 10.2. The molecule has 0 aliphatic heterocycles. The van der Waals surface area contributed by atoms with E-state index in [9.17, 15) is 9.59 Å². The number of hydrogen-bond acceptors (Lipinski definition) is 6. The summed E-state index contributed by atoms with van der Waals surface area (Å²) in [4.78, 5) is 28.1. The number of amides is 1. The molecule has 1 aromatic heterocycles. The largest absolute Gasteiger partial charge is 0.490 e. The van der Waals surface area contributed by atoms with Crippen molar-refractivity contribution >= 4 is 35.2 Å². The molecule has 0 unspecified atom stereocenters. The van der Waals surface area contributed by atoms with Crippen molar-refractivity contribution in [3.8, 4) is 11.5 Å². The van der Waals surface area contributed by atoms with E-state index in [1.54, 1.807) is 36.4 Å². The molecule has 0 radical (unpaired) electrons. The average molecular weight is 419 g/mol. The number of halogens is 1. The molecule has 0 spiro atoms. The van der Waals surface area contributed by atoms with Crippen molar-refractivity contribution in [1.82, 2.24) is 4.98 Å². The molecule has 0 aliphatic carbocycles. The topological polar surface area (TPSA) is 86.8 Å². The minimum Gasteiger partial charge on any atom is -0.490 e. The first-order chi connectivity index (χ1) is 13.9. The summed E-state index contributed by atoms with van der Waals surface area (Å²) < 4.78 is 16.2. The quantitative estimate of drug-likeness (QED) is 0.374. The Morgan fingerprint density at radius 2 is 1.90 bits per heavy atom. The number of pyridine rings is 1. The van der Waals surface area contributed by atoms with Crippen molar-refractivity contribution in [2.24, 2.45) is 0 Å². The second-order valence-electron chi connectivity index (χ2n) is 5.82. The van der Waals surface area contributed by atoms with Gasteiger partial charge < -0.3 is 19.5 Å². The molecular weight excluding hydrogens is 396 g/mol. The van der Waals surface area contributed by atoms with Gasteiger partial charge in [-0.05, 0) is 56.7 Å². The molecule has 0 saturated carbocycles. The number of ether oxygens (including phenoxy) is 3. The molecule has 8 heteroatoms. The van der Waals surface area contributed by atoms with E-state index in [1.807, 2.05) is 13.8 Å². The molecule has 1 heterocycles. The van der Waals surface area contributed by atoms with Gasteiger partial charge in [-0.2, -0.15) is 0 Å². The maximum absolute atomic E-state index is 12.2. The third-order valence-corrected chi connectivity index (χ3v) is 3.96. The molecule has 2 rings (SSSR count). The Kier molecular flexibility index (Phi) is 8.48. The average Bonchev–Trinajstić information content (AvgIpc) is 2.70. The maximum Gasteiger partial charge on any atom is 0.331 e. The summed E-state index contributed by atoms with van der Waals surface area (Å²) in [5.41, 5.74) is 1.07. The smallest absolute Gasteiger partial charge is 0.331 e. The minimum atomic E-state index is -1.01. The Bertz CT molecular complexity index is 885. The van der Waals surface area contributed by atoms with Crippen LogP contribution in [0.25, 0.3) is 6.08 Å². The second-order valence-corrected chi connectivity index (χ2v) is 6.17. The van der Waals surface area contributed by atoms with E-state index in [1.165, 1.54) is 19.2 Å².